The maximum absolute atomic E-state index is 5.48. The zero-order valence-corrected chi connectivity index (χ0v) is 8.70. The lowest BCUT2D eigenvalue weighted by atomic mass is 10.1. The van der Waals surface area contributed by atoms with Crippen LogP contribution in [-0.4, -0.2) is 31.1 Å². The molecule has 1 atom stereocenters. The van der Waals surface area contributed by atoms with Crippen molar-refractivity contribution in [2.24, 2.45) is 0 Å². The molecule has 1 aromatic rings. The van der Waals surface area contributed by atoms with E-state index in [-0.39, 0.29) is 0 Å². The fraction of sp³-hybridized carbons (Fsp3) is 0.636. The quantitative estimate of drug-likeness (QED) is 0.793. The van der Waals surface area contributed by atoms with Gasteiger partial charge in [-0.1, -0.05) is 6.92 Å². The van der Waals surface area contributed by atoms with Crippen LogP contribution < -0.4 is 5.32 Å². The number of rotatable bonds is 3. The Morgan fingerprint density at radius 3 is 2.86 bits per heavy atom. The number of nitrogens with one attached hydrogen (secondary N) is 1. The minimum absolute atomic E-state index is 0.465. The van der Waals surface area contributed by atoms with Gasteiger partial charge < -0.3 is 9.73 Å². The largest absolute Gasteiger partial charge is 0.468 e. The third kappa shape index (κ3) is 1.99. The van der Waals surface area contributed by atoms with Crippen LogP contribution in [0.1, 0.15) is 25.1 Å². The highest BCUT2D eigenvalue weighted by atomic mass is 16.3. The van der Waals surface area contributed by atoms with Crippen molar-refractivity contribution in [2.45, 2.75) is 19.4 Å². The minimum atomic E-state index is 0.465. The van der Waals surface area contributed by atoms with E-state index in [1.807, 2.05) is 6.07 Å². The van der Waals surface area contributed by atoms with Crippen molar-refractivity contribution in [3.05, 3.63) is 24.2 Å². The summed E-state index contributed by atoms with van der Waals surface area (Å²) in [5.74, 6) is 1.11. The second kappa shape index (κ2) is 4.62. The van der Waals surface area contributed by atoms with Gasteiger partial charge >= 0.3 is 0 Å². The Morgan fingerprint density at radius 2 is 2.29 bits per heavy atom. The zero-order chi connectivity index (χ0) is 9.80. The summed E-state index contributed by atoms with van der Waals surface area (Å²) >= 11 is 0. The predicted molar refractivity (Wildman–Crippen MR) is 56.2 cm³/mol. The number of hydrogen-bond donors (Lipinski definition) is 1. The normalized spacial score (nSPS) is 20.9. The first-order valence-electron chi connectivity index (χ1n) is 5.40. The van der Waals surface area contributed by atoms with Crippen molar-refractivity contribution >= 4 is 0 Å². The van der Waals surface area contributed by atoms with E-state index in [0.29, 0.717) is 6.04 Å². The Balaban J connectivity index is 2.04. The fourth-order valence-electron chi connectivity index (χ4n) is 2.11. The molecule has 2 rings (SSSR count). The van der Waals surface area contributed by atoms with E-state index in [9.17, 15) is 0 Å². The maximum Gasteiger partial charge on any atom is 0.120 e. The van der Waals surface area contributed by atoms with Gasteiger partial charge in [-0.2, -0.15) is 0 Å². The molecule has 0 aliphatic carbocycles. The Labute approximate surface area is 85.1 Å². The lowest BCUT2D eigenvalue weighted by molar-refractivity contribution is 0.150. The molecular weight excluding hydrogens is 176 g/mol. The highest BCUT2D eigenvalue weighted by molar-refractivity contribution is 5.04. The molecule has 1 aromatic heterocycles. The Kier molecular flexibility index (Phi) is 3.22. The summed E-state index contributed by atoms with van der Waals surface area (Å²) in [7, 11) is 0. The van der Waals surface area contributed by atoms with Gasteiger partial charge in [0.05, 0.1) is 12.3 Å². The molecule has 1 fully saturated rings. The van der Waals surface area contributed by atoms with Gasteiger partial charge in [-0.15, -0.1) is 0 Å². The molecular formula is C11H18N2O. The summed E-state index contributed by atoms with van der Waals surface area (Å²) in [5, 5.41) is 3.37. The smallest absolute Gasteiger partial charge is 0.120 e. The lowest BCUT2D eigenvalue weighted by Gasteiger charge is -2.33. The van der Waals surface area contributed by atoms with Gasteiger partial charge in [0.1, 0.15) is 5.76 Å². The Hall–Kier alpha value is -0.800. The average Bonchev–Trinajstić information content (AvgIpc) is 2.74. The summed E-state index contributed by atoms with van der Waals surface area (Å²) in [6, 6.07) is 4.52. The van der Waals surface area contributed by atoms with Crippen molar-refractivity contribution in [1.29, 1.82) is 0 Å². The van der Waals surface area contributed by atoms with Crippen LogP contribution in [0.25, 0.3) is 0 Å². The van der Waals surface area contributed by atoms with Crippen LogP contribution in [0.5, 0.6) is 0 Å². The van der Waals surface area contributed by atoms with Crippen LogP contribution in [0, 0.1) is 0 Å². The third-order valence-corrected chi connectivity index (χ3v) is 2.85. The molecule has 14 heavy (non-hydrogen) atoms. The molecule has 0 unspecified atom stereocenters. The highest BCUT2D eigenvalue weighted by Gasteiger charge is 2.22. The highest BCUT2D eigenvalue weighted by Crippen LogP contribution is 2.24. The van der Waals surface area contributed by atoms with E-state index >= 15 is 0 Å². The van der Waals surface area contributed by atoms with Crippen LogP contribution in [-0.2, 0) is 0 Å². The van der Waals surface area contributed by atoms with Crippen LogP contribution in [0.4, 0.5) is 0 Å². The Morgan fingerprint density at radius 1 is 1.50 bits per heavy atom. The second-order valence-corrected chi connectivity index (χ2v) is 3.73. The molecule has 0 amide bonds. The van der Waals surface area contributed by atoms with Gasteiger partial charge in [0.2, 0.25) is 0 Å². The first-order chi connectivity index (χ1) is 6.92. The van der Waals surface area contributed by atoms with Gasteiger partial charge in [0.25, 0.3) is 0 Å². The van der Waals surface area contributed by atoms with Gasteiger partial charge in [-0.3, -0.25) is 4.90 Å². The fourth-order valence-corrected chi connectivity index (χ4v) is 2.11. The molecule has 1 N–H and O–H groups in total. The van der Waals surface area contributed by atoms with Crippen LogP contribution in [0.15, 0.2) is 22.8 Å². The molecule has 1 aliphatic rings. The molecule has 0 bridgehead atoms. The minimum Gasteiger partial charge on any atom is -0.468 e. The van der Waals surface area contributed by atoms with E-state index in [1.54, 1.807) is 6.26 Å². The summed E-state index contributed by atoms with van der Waals surface area (Å²) < 4.78 is 5.48. The zero-order valence-electron chi connectivity index (χ0n) is 8.70. The third-order valence-electron chi connectivity index (χ3n) is 2.85. The van der Waals surface area contributed by atoms with Crippen molar-refractivity contribution in [1.82, 2.24) is 10.2 Å². The number of furan rings is 1. The lowest BCUT2D eigenvalue weighted by Crippen LogP contribution is -2.44. The second-order valence-electron chi connectivity index (χ2n) is 3.73. The van der Waals surface area contributed by atoms with Crippen LogP contribution in [0.3, 0.4) is 0 Å². The first kappa shape index (κ1) is 9.74. The topological polar surface area (TPSA) is 28.4 Å². The number of hydrogen-bond acceptors (Lipinski definition) is 3. The van der Waals surface area contributed by atoms with E-state index in [4.69, 9.17) is 4.42 Å². The molecule has 3 nitrogen and oxygen atoms in total. The maximum atomic E-state index is 5.48. The molecule has 2 heterocycles. The van der Waals surface area contributed by atoms with E-state index in [1.165, 1.54) is 0 Å². The number of nitrogens with zero attached hydrogens (tertiary/aromatic N) is 1. The van der Waals surface area contributed by atoms with Gasteiger partial charge in [0.15, 0.2) is 0 Å². The van der Waals surface area contributed by atoms with Crippen molar-refractivity contribution in [2.75, 3.05) is 26.2 Å². The van der Waals surface area contributed by atoms with E-state index in [0.717, 1.165) is 38.4 Å². The predicted octanol–water partition coefficient (Wildman–Crippen LogP) is 1.64. The molecule has 0 radical (unpaired) electrons. The van der Waals surface area contributed by atoms with Crippen LogP contribution in [0.2, 0.25) is 0 Å². The standard InChI is InChI=1S/C11H18N2O/c1-2-10(11-4-3-9-14-11)13-7-5-12-6-8-13/h3-4,9-10,12H,2,5-8H2,1H3/t10-/m0/s1. The van der Waals surface area contributed by atoms with Crippen molar-refractivity contribution in [3.63, 3.8) is 0 Å². The summed E-state index contributed by atoms with van der Waals surface area (Å²) in [5.41, 5.74) is 0. The Bertz CT molecular complexity index is 252. The molecule has 78 valence electrons. The van der Waals surface area contributed by atoms with Gasteiger partial charge in [0, 0.05) is 26.2 Å². The van der Waals surface area contributed by atoms with Crippen LogP contribution >= 0.6 is 0 Å². The molecule has 0 aromatic carbocycles. The van der Waals surface area contributed by atoms with E-state index < -0.39 is 0 Å². The molecule has 1 saturated heterocycles. The monoisotopic (exact) mass is 194 g/mol. The van der Waals surface area contributed by atoms with Gasteiger partial charge in [-0.25, -0.2) is 0 Å². The summed E-state index contributed by atoms with van der Waals surface area (Å²) in [6.45, 7) is 6.65. The average molecular weight is 194 g/mol. The molecule has 3 heteroatoms. The van der Waals surface area contributed by atoms with Crippen molar-refractivity contribution in [3.8, 4) is 0 Å². The van der Waals surface area contributed by atoms with E-state index in [2.05, 4.69) is 23.2 Å². The molecule has 0 saturated carbocycles. The summed E-state index contributed by atoms with van der Waals surface area (Å²) in [6.07, 6.45) is 2.88. The summed E-state index contributed by atoms with van der Waals surface area (Å²) in [4.78, 5) is 2.50. The first-order valence-corrected chi connectivity index (χ1v) is 5.40. The molecule has 0 spiro atoms. The SMILES string of the molecule is CC[C@@H](c1ccco1)N1CCNCC1. The molecule has 1 aliphatic heterocycles. The van der Waals surface area contributed by atoms with Gasteiger partial charge in [-0.05, 0) is 18.6 Å². The van der Waals surface area contributed by atoms with Crippen molar-refractivity contribution < 1.29 is 4.42 Å². The number of piperazine rings is 1.